The van der Waals surface area contributed by atoms with E-state index in [-0.39, 0.29) is 23.4 Å². The molecule has 1 amide bonds. The number of aryl methyl sites for hydroxylation is 1. The average molecular weight is 518 g/mol. The number of piperidine rings is 1. The zero-order chi connectivity index (χ0) is 25.9. The van der Waals surface area contributed by atoms with E-state index in [4.69, 9.17) is 11.6 Å². The zero-order valence-corrected chi connectivity index (χ0v) is 22.0. The summed E-state index contributed by atoms with van der Waals surface area (Å²) in [5.41, 5.74) is 4.61. The van der Waals surface area contributed by atoms with Crippen molar-refractivity contribution in [1.82, 2.24) is 4.90 Å². The van der Waals surface area contributed by atoms with Crippen molar-refractivity contribution in [2.45, 2.75) is 38.6 Å². The Balaban J connectivity index is 1.46. The number of anilines is 2. The van der Waals surface area contributed by atoms with Crippen LogP contribution in [0.15, 0.2) is 79.0 Å². The van der Waals surface area contributed by atoms with Crippen molar-refractivity contribution in [1.29, 1.82) is 0 Å². The van der Waals surface area contributed by atoms with Gasteiger partial charge in [-0.15, -0.1) is 0 Å². The first-order valence-corrected chi connectivity index (χ1v) is 13.4. The lowest BCUT2D eigenvalue weighted by Crippen LogP contribution is -2.44. The van der Waals surface area contributed by atoms with Crippen molar-refractivity contribution >= 4 is 28.9 Å². The summed E-state index contributed by atoms with van der Waals surface area (Å²) in [5, 5.41) is 4.28. The van der Waals surface area contributed by atoms with Crippen LogP contribution in [0, 0.1) is 18.7 Å². The molecule has 1 unspecified atom stereocenters. The van der Waals surface area contributed by atoms with Crippen molar-refractivity contribution in [3.63, 3.8) is 0 Å². The molecule has 192 valence electrons. The minimum absolute atomic E-state index is 0.0434. The van der Waals surface area contributed by atoms with Crippen LogP contribution in [-0.2, 0) is 0 Å². The van der Waals surface area contributed by atoms with Crippen molar-refractivity contribution in [3.05, 3.63) is 107 Å². The second-order valence-electron chi connectivity index (χ2n) is 10.0. The molecule has 2 saturated heterocycles. The van der Waals surface area contributed by atoms with E-state index in [2.05, 4.69) is 22.9 Å². The molecule has 0 saturated carbocycles. The quantitative estimate of drug-likeness (QED) is 0.365. The van der Waals surface area contributed by atoms with E-state index in [1.165, 1.54) is 18.9 Å². The lowest BCUT2D eigenvalue weighted by molar-refractivity contribution is 0.0529. The summed E-state index contributed by atoms with van der Waals surface area (Å²) < 4.78 is 14.8. The largest absolute Gasteiger partial charge is 0.370 e. The van der Waals surface area contributed by atoms with Crippen LogP contribution in [-0.4, -0.2) is 30.4 Å². The molecule has 2 atom stereocenters. The highest BCUT2D eigenvalue weighted by Crippen LogP contribution is 2.41. The number of carbonyl (C=O) groups excluding carboxylic acids is 1. The van der Waals surface area contributed by atoms with E-state index in [1.807, 2.05) is 47.4 Å². The molecular formula is C31H33ClFN3O. The van der Waals surface area contributed by atoms with E-state index in [9.17, 15) is 9.18 Å². The molecule has 2 fully saturated rings. The maximum Gasteiger partial charge on any atom is 0.257 e. The number of nitrogens with zero attached hydrogens (tertiary/aromatic N) is 2. The Kier molecular flexibility index (Phi) is 7.52. The van der Waals surface area contributed by atoms with E-state index < -0.39 is 5.82 Å². The number of halogens is 2. The number of hydrogen-bond donors (Lipinski definition) is 1. The predicted molar refractivity (Wildman–Crippen MR) is 150 cm³/mol. The molecule has 6 heteroatoms. The highest BCUT2D eigenvalue weighted by Gasteiger charge is 2.38. The summed E-state index contributed by atoms with van der Waals surface area (Å²) in [4.78, 5) is 17.9. The van der Waals surface area contributed by atoms with Gasteiger partial charge in [-0.25, -0.2) is 4.39 Å². The molecule has 0 aromatic heterocycles. The average Bonchev–Trinajstić information content (AvgIpc) is 3.44. The Morgan fingerprint density at radius 3 is 2.49 bits per heavy atom. The van der Waals surface area contributed by atoms with Crippen molar-refractivity contribution in [2.24, 2.45) is 5.92 Å². The summed E-state index contributed by atoms with van der Waals surface area (Å²) >= 11 is 6.54. The van der Waals surface area contributed by atoms with Gasteiger partial charge in [0.1, 0.15) is 5.82 Å². The minimum atomic E-state index is -0.480. The molecule has 1 N–H and O–H groups in total. The first kappa shape index (κ1) is 25.3. The third-order valence-electron chi connectivity index (χ3n) is 7.61. The molecular weight excluding hydrogens is 485 g/mol. The fourth-order valence-electron chi connectivity index (χ4n) is 5.77. The van der Waals surface area contributed by atoms with Gasteiger partial charge in [-0.2, -0.15) is 0 Å². The number of amides is 1. The van der Waals surface area contributed by atoms with E-state index in [0.29, 0.717) is 12.1 Å². The van der Waals surface area contributed by atoms with Gasteiger partial charge in [0, 0.05) is 36.9 Å². The molecule has 0 radical (unpaired) electrons. The number of carbonyl (C=O) groups is 1. The number of nitrogens with one attached hydrogen (secondary N) is 1. The van der Waals surface area contributed by atoms with Gasteiger partial charge >= 0.3 is 0 Å². The summed E-state index contributed by atoms with van der Waals surface area (Å²) in [5.74, 6) is -0.797. The number of benzene rings is 3. The molecule has 37 heavy (non-hydrogen) atoms. The Morgan fingerprint density at radius 1 is 1.00 bits per heavy atom. The van der Waals surface area contributed by atoms with Crippen LogP contribution in [0.25, 0.3) is 0 Å². The first-order chi connectivity index (χ1) is 17.9. The van der Waals surface area contributed by atoms with Gasteiger partial charge in [-0.3, -0.25) is 4.79 Å². The Labute approximate surface area is 223 Å². The van der Waals surface area contributed by atoms with Gasteiger partial charge in [0.05, 0.1) is 22.3 Å². The van der Waals surface area contributed by atoms with E-state index >= 15 is 0 Å². The highest BCUT2D eigenvalue weighted by molar-refractivity contribution is 6.33. The van der Waals surface area contributed by atoms with Gasteiger partial charge in [0.25, 0.3) is 5.91 Å². The first-order valence-electron chi connectivity index (χ1n) is 13.1. The van der Waals surface area contributed by atoms with Crippen LogP contribution in [0.3, 0.4) is 0 Å². The van der Waals surface area contributed by atoms with Crippen LogP contribution in [0.4, 0.5) is 15.8 Å². The minimum Gasteiger partial charge on any atom is -0.370 e. The molecule has 3 aromatic rings. The number of likely N-dealkylation sites (tertiary alicyclic amines) is 1. The molecule has 3 aromatic carbocycles. The lowest BCUT2D eigenvalue weighted by Gasteiger charge is -2.43. The monoisotopic (exact) mass is 517 g/mol. The highest BCUT2D eigenvalue weighted by atomic mass is 35.5. The summed E-state index contributed by atoms with van der Waals surface area (Å²) in [6.07, 6.45) is 4.03. The van der Waals surface area contributed by atoms with Crippen LogP contribution >= 0.6 is 11.6 Å². The standard InChI is InChI=1S/C31H33ClFN3O/c1-21-10-8-14-27(33)29(21)31(37)36-19-9-13-25(30(36)23-11-4-3-5-12-23)22(2)34-24-15-16-26(32)28(20-24)35-17-6-7-18-35/h3-5,8,10-12,14-16,20,25,30,34H,2,6-7,9,13,17-19H2,1H3/t25?,30-/m0/s1. The predicted octanol–water partition coefficient (Wildman–Crippen LogP) is 7.61. The van der Waals surface area contributed by atoms with Crippen LogP contribution in [0.1, 0.15) is 53.2 Å². The summed E-state index contributed by atoms with van der Waals surface area (Å²) in [6, 6.07) is 20.5. The smallest absolute Gasteiger partial charge is 0.257 e. The molecule has 0 spiro atoms. The van der Waals surface area contributed by atoms with Gasteiger partial charge in [0.15, 0.2) is 0 Å². The number of hydrogen-bond acceptors (Lipinski definition) is 3. The van der Waals surface area contributed by atoms with Crippen LogP contribution < -0.4 is 10.2 Å². The van der Waals surface area contributed by atoms with Gasteiger partial charge in [-0.05, 0) is 68.0 Å². The third-order valence-corrected chi connectivity index (χ3v) is 7.93. The second kappa shape index (κ2) is 11.0. The molecule has 0 aliphatic carbocycles. The fourth-order valence-corrected chi connectivity index (χ4v) is 6.00. The second-order valence-corrected chi connectivity index (χ2v) is 10.5. The topological polar surface area (TPSA) is 35.6 Å². The molecule has 5 rings (SSSR count). The Hall–Kier alpha value is -3.31. The molecule has 4 nitrogen and oxygen atoms in total. The Morgan fingerprint density at radius 2 is 1.76 bits per heavy atom. The third kappa shape index (κ3) is 5.24. The number of rotatable bonds is 6. The Bertz CT molecular complexity index is 1270. The SMILES string of the molecule is C=C(Nc1ccc(Cl)c(N2CCCC2)c1)C1CCCN(C(=O)c2c(C)cccc2F)[C@H]1c1ccccc1. The van der Waals surface area contributed by atoms with E-state index in [1.54, 1.807) is 19.1 Å². The van der Waals surface area contributed by atoms with Crippen LogP contribution in [0.5, 0.6) is 0 Å². The molecule has 0 bridgehead atoms. The summed E-state index contributed by atoms with van der Waals surface area (Å²) in [6.45, 7) is 8.80. The summed E-state index contributed by atoms with van der Waals surface area (Å²) in [7, 11) is 0. The van der Waals surface area contributed by atoms with Crippen molar-refractivity contribution < 1.29 is 9.18 Å². The zero-order valence-electron chi connectivity index (χ0n) is 21.2. The van der Waals surface area contributed by atoms with Gasteiger partial charge in [-0.1, -0.05) is 60.6 Å². The molecule has 2 heterocycles. The maximum atomic E-state index is 14.8. The molecule has 2 aliphatic rings. The maximum absolute atomic E-state index is 14.8. The van der Waals surface area contributed by atoms with Crippen LogP contribution in [0.2, 0.25) is 5.02 Å². The fraction of sp³-hybridized carbons (Fsp3) is 0.323. The van der Waals surface area contributed by atoms with Gasteiger partial charge in [0.2, 0.25) is 0 Å². The van der Waals surface area contributed by atoms with Crippen molar-refractivity contribution in [2.75, 3.05) is 29.9 Å². The normalized spacial score (nSPS) is 19.6. The van der Waals surface area contributed by atoms with Crippen molar-refractivity contribution in [3.8, 4) is 0 Å². The van der Waals surface area contributed by atoms with E-state index in [0.717, 1.165) is 53.6 Å². The molecule has 2 aliphatic heterocycles. The lowest BCUT2D eigenvalue weighted by atomic mass is 9.82. The van der Waals surface area contributed by atoms with Gasteiger partial charge < -0.3 is 15.1 Å².